The summed E-state index contributed by atoms with van der Waals surface area (Å²) in [6, 6.07) is 9.25. The van der Waals surface area contributed by atoms with Gasteiger partial charge >= 0.3 is 0 Å². The van der Waals surface area contributed by atoms with Crippen LogP contribution in [0.4, 0.5) is 0 Å². The van der Waals surface area contributed by atoms with Crippen molar-refractivity contribution >= 4 is 0 Å². The summed E-state index contributed by atoms with van der Waals surface area (Å²) in [5, 5.41) is 3.50. The van der Waals surface area contributed by atoms with E-state index in [1.807, 2.05) is 0 Å². The predicted octanol–water partition coefficient (Wildman–Crippen LogP) is 4.10. The van der Waals surface area contributed by atoms with Crippen molar-refractivity contribution in [2.24, 2.45) is 0 Å². The lowest BCUT2D eigenvalue weighted by molar-refractivity contribution is 0.0476. The van der Waals surface area contributed by atoms with Gasteiger partial charge < -0.3 is 10.1 Å². The minimum Gasteiger partial charge on any atom is -0.377 e. The maximum absolute atomic E-state index is 5.88. The van der Waals surface area contributed by atoms with Gasteiger partial charge in [0.25, 0.3) is 0 Å². The average molecular weight is 263 g/mol. The smallest absolute Gasteiger partial charge is 0.0665 e. The molecule has 0 bridgehead atoms. The minimum atomic E-state index is 0.301. The Hall–Kier alpha value is -0.860. The molecule has 0 radical (unpaired) electrons. The van der Waals surface area contributed by atoms with Crippen LogP contribution in [0, 0.1) is 0 Å². The number of hydrogen-bond acceptors (Lipinski definition) is 2. The molecule has 0 heterocycles. The third-order valence-corrected chi connectivity index (χ3v) is 3.49. The molecule has 19 heavy (non-hydrogen) atoms. The molecule has 108 valence electrons. The van der Waals surface area contributed by atoms with E-state index in [9.17, 15) is 0 Å². The molecule has 2 unspecified atom stereocenters. The van der Waals surface area contributed by atoms with Crippen LogP contribution in [0.15, 0.2) is 24.3 Å². The Kier molecular flexibility index (Phi) is 7.76. The summed E-state index contributed by atoms with van der Waals surface area (Å²) in [7, 11) is 0. The van der Waals surface area contributed by atoms with Gasteiger partial charge in [-0.1, -0.05) is 51.5 Å². The van der Waals surface area contributed by atoms with Crippen LogP contribution in [0.1, 0.15) is 57.7 Å². The topological polar surface area (TPSA) is 21.3 Å². The molecular formula is C17H29NO. The second-order valence-corrected chi connectivity index (χ2v) is 5.15. The molecule has 0 aromatic heterocycles. The molecule has 0 spiro atoms. The van der Waals surface area contributed by atoms with Gasteiger partial charge in [-0.3, -0.25) is 0 Å². The summed E-state index contributed by atoms with van der Waals surface area (Å²) in [6.45, 7) is 10.4. The number of nitrogens with one attached hydrogen (secondary N) is 1. The third-order valence-electron chi connectivity index (χ3n) is 3.49. The van der Waals surface area contributed by atoms with Crippen LogP contribution in [-0.2, 0) is 11.2 Å². The zero-order valence-corrected chi connectivity index (χ0v) is 12.9. The molecular weight excluding hydrogens is 234 g/mol. The molecule has 0 amide bonds. The Labute approximate surface area is 118 Å². The Morgan fingerprint density at radius 3 is 2.32 bits per heavy atom. The van der Waals surface area contributed by atoms with E-state index in [-0.39, 0.29) is 0 Å². The maximum atomic E-state index is 5.88. The van der Waals surface area contributed by atoms with E-state index in [0.717, 1.165) is 26.0 Å². The molecule has 0 aliphatic heterocycles. The van der Waals surface area contributed by atoms with Crippen molar-refractivity contribution in [2.75, 3.05) is 13.2 Å². The van der Waals surface area contributed by atoms with Crippen molar-refractivity contribution < 1.29 is 4.74 Å². The molecule has 0 saturated carbocycles. The fraction of sp³-hybridized carbons (Fsp3) is 0.647. The van der Waals surface area contributed by atoms with Gasteiger partial charge in [0.15, 0.2) is 0 Å². The van der Waals surface area contributed by atoms with Gasteiger partial charge in [-0.2, -0.15) is 0 Å². The van der Waals surface area contributed by atoms with E-state index >= 15 is 0 Å². The second kappa shape index (κ2) is 9.11. The highest BCUT2D eigenvalue weighted by molar-refractivity contribution is 5.25. The quantitative estimate of drug-likeness (QED) is 0.724. The monoisotopic (exact) mass is 263 g/mol. The van der Waals surface area contributed by atoms with Gasteiger partial charge in [-0.25, -0.2) is 0 Å². The highest BCUT2D eigenvalue weighted by atomic mass is 16.5. The van der Waals surface area contributed by atoms with E-state index < -0.39 is 0 Å². The van der Waals surface area contributed by atoms with Crippen LogP contribution in [-0.4, -0.2) is 19.3 Å². The molecule has 1 rings (SSSR count). The van der Waals surface area contributed by atoms with Crippen molar-refractivity contribution in [1.82, 2.24) is 5.32 Å². The average Bonchev–Trinajstić information content (AvgIpc) is 2.44. The first-order valence-electron chi connectivity index (χ1n) is 7.65. The fourth-order valence-corrected chi connectivity index (χ4v) is 2.10. The van der Waals surface area contributed by atoms with Gasteiger partial charge in [0.05, 0.1) is 18.8 Å². The van der Waals surface area contributed by atoms with Crippen LogP contribution in [0.3, 0.4) is 0 Å². The summed E-state index contributed by atoms with van der Waals surface area (Å²) >= 11 is 0. The summed E-state index contributed by atoms with van der Waals surface area (Å²) < 4.78 is 5.88. The molecule has 2 nitrogen and oxygen atoms in total. The van der Waals surface area contributed by atoms with Crippen molar-refractivity contribution in [3.05, 3.63) is 35.4 Å². The Bertz CT molecular complexity index is 334. The van der Waals surface area contributed by atoms with Gasteiger partial charge in [0.1, 0.15) is 0 Å². The summed E-state index contributed by atoms with van der Waals surface area (Å²) in [4.78, 5) is 0. The Balaban J connectivity index is 2.63. The minimum absolute atomic E-state index is 0.301. The number of likely N-dealkylation sites (N-methyl/N-ethyl adjacent to an activating group) is 1. The third kappa shape index (κ3) is 5.75. The Morgan fingerprint density at radius 2 is 1.79 bits per heavy atom. The predicted molar refractivity (Wildman–Crippen MR) is 82.6 cm³/mol. The van der Waals surface area contributed by atoms with Crippen molar-refractivity contribution in [3.63, 3.8) is 0 Å². The van der Waals surface area contributed by atoms with Crippen LogP contribution in [0.5, 0.6) is 0 Å². The summed E-state index contributed by atoms with van der Waals surface area (Å²) in [6.07, 6.45) is 3.76. The second-order valence-electron chi connectivity index (χ2n) is 5.15. The van der Waals surface area contributed by atoms with E-state index in [2.05, 4.69) is 57.3 Å². The largest absolute Gasteiger partial charge is 0.377 e. The maximum Gasteiger partial charge on any atom is 0.0665 e. The lowest BCUT2D eigenvalue weighted by Gasteiger charge is -2.21. The Morgan fingerprint density at radius 1 is 1.11 bits per heavy atom. The van der Waals surface area contributed by atoms with Gasteiger partial charge in [0.2, 0.25) is 0 Å². The van der Waals surface area contributed by atoms with Crippen molar-refractivity contribution in [3.8, 4) is 0 Å². The lowest BCUT2D eigenvalue weighted by Crippen LogP contribution is -2.27. The standard InChI is InChI=1S/C17H29NO/c1-5-8-15-9-11-16(12-10-15)17(18-7-3)13-19-14(4)6-2/h9-12,14,17-18H,5-8,13H2,1-4H3. The van der Waals surface area contributed by atoms with E-state index in [1.165, 1.54) is 17.5 Å². The first-order chi connectivity index (χ1) is 9.21. The number of benzene rings is 1. The van der Waals surface area contributed by atoms with Gasteiger partial charge in [-0.15, -0.1) is 0 Å². The number of ether oxygens (including phenoxy) is 1. The van der Waals surface area contributed by atoms with E-state index in [4.69, 9.17) is 4.74 Å². The number of aryl methyl sites for hydroxylation is 1. The van der Waals surface area contributed by atoms with Crippen LogP contribution in [0.2, 0.25) is 0 Å². The van der Waals surface area contributed by atoms with Crippen LogP contribution >= 0.6 is 0 Å². The molecule has 2 atom stereocenters. The lowest BCUT2D eigenvalue weighted by atomic mass is 10.0. The molecule has 0 fully saturated rings. The molecule has 0 saturated heterocycles. The van der Waals surface area contributed by atoms with Crippen molar-refractivity contribution in [1.29, 1.82) is 0 Å². The van der Waals surface area contributed by atoms with E-state index in [0.29, 0.717) is 12.1 Å². The SMILES string of the molecule is CCCc1ccc(C(COC(C)CC)NCC)cc1. The molecule has 0 aliphatic rings. The zero-order valence-electron chi connectivity index (χ0n) is 12.9. The summed E-state index contributed by atoms with van der Waals surface area (Å²) in [5.74, 6) is 0. The van der Waals surface area contributed by atoms with Crippen LogP contribution in [0.25, 0.3) is 0 Å². The molecule has 1 aromatic carbocycles. The first kappa shape index (κ1) is 16.2. The zero-order chi connectivity index (χ0) is 14.1. The highest BCUT2D eigenvalue weighted by Crippen LogP contribution is 2.16. The highest BCUT2D eigenvalue weighted by Gasteiger charge is 2.11. The number of hydrogen-bond donors (Lipinski definition) is 1. The van der Waals surface area contributed by atoms with Crippen molar-refractivity contribution in [2.45, 2.75) is 59.1 Å². The van der Waals surface area contributed by atoms with Gasteiger partial charge in [0, 0.05) is 0 Å². The first-order valence-corrected chi connectivity index (χ1v) is 7.65. The molecule has 0 aliphatic carbocycles. The van der Waals surface area contributed by atoms with Gasteiger partial charge in [-0.05, 0) is 37.4 Å². The van der Waals surface area contributed by atoms with E-state index in [1.54, 1.807) is 0 Å². The number of rotatable bonds is 9. The molecule has 1 N–H and O–H groups in total. The summed E-state index contributed by atoms with van der Waals surface area (Å²) in [5.41, 5.74) is 2.74. The van der Waals surface area contributed by atoms with Crippen LogP contribution < -0.4 is 5.32 Å². The normalized spacial score (nSPS) is 14.3. The molecule has 2 heteroatoms. The fourth-order valence-electron chi connectivity index (χ4n) is 2.10. The molecule has 1 aromatic rings.